The minimum Gasteiger partial charge on any atom is -0.481 e. The number of anilines is 1. The third kappa shape index (κ3) is 3.80. The van der Waals surface area contributed by atoms with E-state index in [0.717, 1.165) is 4.31 Å². The first-order valence-corrected chi connectivity index (χ1v) is 9.91. The molecule has 1 fully saturated rings. The largest absolute Gasteiger partial charge is 0.481 e. The highest BCUT2D eigenvalue weighted by Crippen LogP contribution is 2.24. The summed E-state index contributed by atoms with van der Waals surface area (Å²) in [6.07, 6.45) is 0.399. The van der Waals surface area contributed by atoms with Gasteiger partial charge in [0.1, 0.15) is 0 Å². The quantitative estimate of drug-likeness (QED) is 0.846. The number of hydrogen-bond acceptors (Lipinski definition) is 4. The topological polar surface area (TPSA) is 95.0 Å². The van der Waals surface area contributed by atoms with Crippen LogP contribution in [-0.4, -0.2) is 50.4 Å². The Morgan fingerprint density at radius 2 is 1.81 bits per heavy atom. The highest BCUT2D eigenvalue weighted by atomic mass is 32.2. The number of rotatable bonds is 5. The maximum Gasteiger partial charge on any atom is 0.308 e. The maximum atomic E-state index is 12.9. The highest BCUT2D eigenvalue weighted by Gasteiger charge is 2.32. The fourth-order valence-corrected chi connectivity index (χ4v) is 4.30. The van der Waals surface area contributed by atoms with Crippen molar-refractivity contribution in [3.8, 4) is 0 Å². The van der Waals surface area contributed by atoms with Gasteiger partial charge in [0.25, 0.3) is 15.9 Å². The van der Waals surface area contributed by atoms with Gasteiger partial charge < -0.3 is 10.0 Å². The van der Waals surface area contributed by atoms with Gasteiger partial charge in [0.05, 0.1) is 16.5 Å². The molecule has 8 heteroatoms. The fraction of sp³-hybridized carbons (Fsp3) is 0.263. The van der Waals surface area contributed by atoms with E-state index in [-0.39, 0.29) is 22.9 Å². The standard InChI is InChI=1S/C19H20N2O5S/c1-20(16-7-3-2-4-8-16)27(25,26)17-9-5-6-14(12-17)18(22)21-11-10-15(13-21)19(23)24/h2-9,12,15H,10-11,13H2,1H3,(H,23,24). The molecular weight excluding hydrogens is 368 g/mol. The Kier molecular flexibility index (Phi) is 5.18. The van der Waals surface area contributed by atoms with Gasteiger partial charge >= 0.3 is 5.97 Å². The van der Waals surface area contributed by atoms with Gasteiger partial charge in [-0.15, -0.1) is 0 Å². The van der Waals surface area contributed by atoms with E-state index in [9.17, 15) is 18.0 Å². The summed E-state index contributed by atoms with van der Waals surface area (Å²) in [5, 5.41) is 9.08. The lowest BCUT2D eigenvalue weighted by Crippen LogP contribution is -2.30. The third-order valence-corrected chi connectivity index (χ3v) is 6.47. The van der Waals surface area contributed by atoms with Gasteiger partial charge in [-0.25, -0.2) is 8.42 Å². The minimum atomic E-state index is -3.83. The van der Waals surface area contributed by atoms with E-state index in [4.69, 9.17) is 5.11 Å². The number of hydrogen-bond donors (Lipinski definition) is 1. The van der Waals surface area contributed by atoms with Crippen LogP contribution in [0, 0.1) is 5.92 Å². The smallest absolute Gasteiger partial charge is 0.308 e. The van der Waals surface area contributed by atoms with E-state index >= 15 is 0 Å². The van der Waals surface area contributed by atoms with E-state index in [2.05, 4.69) is 0 Å². The lowest BCUT2D eigenvalue weighted by Gasteiger charge is -2.20. The molecule has 142 valence electrons. The highest BCUT2D eigenvalue weighted by molar-refractivity contribution is 7.92. The molecule has 1 amide bonds. The predicted molar refractivity (Wildman–Crippen MR) is 100 cm³/mol. The van der Waals surface area contributed by atoms with E-state index in [1.165, 1.54) is 36.2 Å². The van der Waals surface area contributed by atoms with Crippen LogP contribution >= 0.6 is 0 Å². The number of nitrogens with zero attached hydrogens (tertiary/aromatic N) is 2. The van der Waals surface area contributed by atoms with Gasteiger partial charge in [-0.3, -0.25) is 13.9 Å². The van der Waals surface area contributed by atoms with Crippen LogP contribution in [0.5, 0.6) is 0 Å². The van der Waals surface area contributed by atoms with Crippen LogP contribution in [-0.2, 0) is 14.8 Å². The summed E-state index contributed by atoms with van der Waals surface area (Å²) in [7, 11) is -2.37. The summed E-state index contributed by atoms with van der Waals surface area (Å²) in [6.45, 7) is 0.478. The Labute approximate surface area is 157 Å². The number of aliphatic carboxylic acids is 1. The Bertz CT molecular complexity index is 959. The summed E-state index contributed by atoms with van der Waals surface area (Å²) >= 11 is 0. The van der Waals surface area contributed by atoms with Crippen LogP contribution in [0.15, 0.2) is 59.5 Å². The minimum absolute atomic E-state index is 0.00804. The average molecular weight is 388 g/mol. The van der Waals surface area contributed by atoms with E-state index in [0.29, 0.717) is 18.7 Å². The molecule has 0 saturated carbocycles. The molecule has 0 aliphatic carbocycles. The number of benzene rings is 2. The van der Waals surface area contributed by atoms with Gasteiger partial charge in [-0.05, 0) is 36.8 Å². The first kappa shape index (κ1) is 18.9. The van der Waals surface area contributed by atoms with Crippen LogP contribution in [0.25, 0.3) is 0 Å². The Morgan fingerprint density at radius 1 is 1.11 bits per heavy atom. The van der Waals surface area contributed by atoms with Crippen molar-refractivity contribution < 1.29 is 23.1 Å². The number of para-hydroxylation sites is 1. The molecule has 1 heterocycles. The molecule has 2 aromatic carbocycles. The molecule has 1 aliphatic heterocycles. The van der Waals surface area contributed by atoms with Crippen molar-refractivity contribution in [1.82, 2.24) is 4.90 Å². The van der Waals surface area contributed by atoms with Gasteiger partial charge in [0.15, 0.2) is 0 Å². The molecule has 1 aliphatic rings. The monoisotopic (exact) mass is 388 g/mol. The first-order chi connectivity index (χ1) is 12.8. The zero-order valence-corrected chi connectivity index (χ0v) is 15.6. The van der Waals surface area contributed by atoms with Crippen LogP contribution in [0.2, 0.25) is 0 Å². The predicted octanol–water partition coefficient (Wildman–Crippen LogP) is 2.06. The molecule has 1 saturated heterocycles. The molecule has 0 bridgehead atoms. The van der Waals surface area contributed by atoms with Crippen molar-refractivity contribution in [2.45, 2.75) is 11.3 Å². The molecule has 1 unspecified atom stereocenters. The summed E-state index contributed by atoms with van der Waals surface area (Å²) in [5.74, 6) is -1.87. The number of amides is 1. The number of carbonyl (C=O) groups excluding carboxylic acids is 1. The second kappa shape index (κ2) is 7.40. The van der Waals surface area contributed by atoms with Crippen molar-refractivity contribution in [1.29, 1.82) is 0 Å². The SMILES string of the molecule is CN(c1ccccc1)S(=O)(=O)c1cccc(C(=O)N2CCC(C(=O)O)C2)c1. The van der Waals surface area contributed by atoms with Gasteiger partial charge in [-0.1, -0.05) is 24.3 Å². The second-order valence-electron chi connectivity index (χ2n) is 6.41. The van der Waals surface area contributed by atoms with E-state index < -0.39 is 21.9 Å². The number of carbonyl (C=O) groups is 2. The van der Waals surface area contributed by atoms with Crippen molar-refractivity contribution in [3.63, 3.8) is 0 Å². The Balaban J connectivity index is 1.85. The second-order valence-corrected chi connectivity index (χ2v) is 8.38. The molecule has 27 heavy (non-hydrogen) atoms. The van der Waals surface area contributed by atoms with Gasteiger partial charge in [0.2, 0.25) is 0 Å². The average Bonchev–Trinajstić information content (AvgIpc) is 3.18. The van der Waals surface area contributed by atoms with Crippen LogP contribution in [0.3, 0.4) is 0 Å². The molecule has 7 nitrogen and oxygen atoms in total. The Hall–Kier alpha value is -2.87. The summed E-state index contributed by atoms with van der Waals surface area (Å²) in [5.41, 5.74) is 0.738. The van der Waals surface area contributed by atoms with Crippen LogP contribution in [0.4, 0.5) is 5.69 Å². The number of carboxylic acids is 1. The molecule has 0 spiro atoms. The normalized spacial score (nSPS) is 16.9. The molecule has 2 aromatic rings. The van der Waals surface area contributed by atoms with Crippen molar-refractivity contribution in [3.05, 3.63) is 60.2 Å². The lowest BCUT2D eigenvalue weighted by molar-refractivity contribution is -0.141. The molecular formula is C19H20N2O5S. The van der Waals surface area contributed by atoms with Crippen molar-refractivity contribution in [2.75, 3.05) is 24.4 Å². The zero-order chi connectivity index (χ0) is 19.6. The molecule has 1 atom stereocenters. The number of sulfonamides is 1. The lowest BCUT2D eigenvalue weighted by atomic mass is 10.1. The van der Waals surface area contributed by atoms with Crippen molar-refractivity contribution in [2.24, 2.45) is 5.92 Å². The van der Waals surface area contributed by atoms with Gasteiger partial charge in [0, 0.05) is 25.7 Å². The van der Waals surface area contributed by atoms with Gasteiger partial charge in [-0.2, -0.15) is 0 Å². The maximum absolute atomic E-state index is 12.9. The van der Waals surface area contributed by atoms with E-state index in [1.54, 1.807) is 30.3 Å². The molecule has 0 radical (unpaired) electrons. The molecule has 1 N–H and O–H groups in total. The number of carboxylic acid groups (broad SMARTS) is 1. The van der Waals surface area contributed by atoms with E-state index in [1.807, 2.05) is 0 Å². The molecule has 0 aromatic heterocycles. The fourth-order valence-electron chi connectivity index (χ4n) is 3.05. The molecule has 3 rings (SSSR count). The van der Waals surface area contributed by atoms with Crippen molar-refractivity contribution >= 4 is 27.6 Å². The van der Waals surface area contributed by atoms with Crippen LogP contribution < -0.4 is 4.31 Å². The third-order valence-electron chi connectivity index (χ3n) is 4.68. The summed E-state index contributed by atoms with van der Waals surface area (Å²) < 4.78 is 26.9. The first-order valence-electron chi connectivity index (χ1n) is 8.47. The summed E-state index contributed by atoms with van der Waals surface area (Å²) in [6, 6.07) is 14.5. The number of likely N-dealkylation sites (tertiary alicyclic amines) is 1. The zero-order valence-electron chi connectivity index (χ0n) is 14.8. The Morgan fingerprint density at radius 3 is 2.44 bits per heavy atom. The summed E-state index contributed by atoms with van der Waals surface area (Å²) in [4.78, 5) is 25.2. The van der Waals surface area contributed by atoms with Crippen LogP contribution in [0.1, 0.15) is 16.8 Å².